The van der Waals surface area contributed by atoms with Crippen molar-refractivity contribution < 1.29 is 4.74 Å². The van der Waals surface area contributed by atoms with E-state index in [-0.39, 0.29) is 5.54 Å². The number of aromatic nitrogens is 1. The number of rotatable bonds is 7. The topological polar surface area (TPSA) is 49.4 Å². The maximum absolute atomic E-state index is 5.71. The van der Waals surface area contributed by atoms with Crippen LogP contribution in [0.4, 0.5) is 22.9 Å². The lowest BCUT2D eigenvalue weighted by atomic mass is 9.94. The molecule has 2 aromatic carbocycles. The van der Waals surface area contributed by atoms with Crippen LogP contribution in [0.15, 0.2) is 60.8 Å². The third-order valence-electron chi connectivity index (χ3n) is 6.21. The monoisotopic (exact) mass is 430 g/mol. The minimum absolute atomic E-state index is 0.210. The van der Waals surface area contributed by atoms with Crippen molar-refractivity contribution in [2.75, 3.05) is 35.7 Å². The molecule has 3 aromatic rings. The molecule has 0 spiro atoms. The molecule has 1 fully saturated rings. The molecule has 1 aromatic heterocycles. The van der Waals surface area contributed by atoms with Gasteiger partial charge in [-0.2, -0.15) is 0 Å². The molecule has 32 heavy (non-hydrogen) atoms. The first-order valence-corrected chi connectivity index (χ1v) is 11.5. The molecule has 0 saturated carbocycles. The summed E-state index contributed by atoms with van der Waals surface area (Å²) >= 11 is 0. The lowest BCUT2D eigenvalue weighted by Crippen LogP contribution is -2.29. The van der Waals surface area contributed by atoms with Crippen molar-refractivity contribution in [3.05, 3.63) is 71.9 Å². The van der Waals surface area contributed by atoms with Gasteiger partial charge in [0.1, 0.15) is 11.6 Å². The molecule has 1 saturated heterocycles. The van der Waals surface area contributed by atoms with E-state index in [1.54, 1.807) is 7.11 Å². The van der Waals surface area contributed by atoms with Crippen molar-refractivity contribution >= 4 is 22.9 Å². The van der Waals surface area contributed by atoms with Crippen molar-refractivity contribution in [1.29, 1.82) is 0 Å². The van der Waals surface area contributed by atoms with Gasteiger partial charge in [0.05, 0.1) is 18.3 Å². The molecule has 2 heterocycles. The van der Waals surface area contributed by atoms with Gasteiger partial charge in [-0.3, -0.25) is 0 Å². The molecule has 0 atom stereocenters. The highest BCUT2D eigenvalue weighted by Gasteiger charge is 2.21. The Morgan fingerprint density at radius 2 is 1.69 bits per heavy atom. The van der Waals surface area contributed by atoms with Crippen molar-refractivity contribution in [3.8, 4) is 5.75 Å². The summed E-state index contributed by atoms with van der Waals surface area (Å²) in [5.74, 6) is 1.61. The molecular weight excluding hydrogens is 396 g/mol. The number of ether oxygens (including phenoxy) is 1. The maximum atomic E-state index is 5.71. The number of aryl methyl sites for hydroxylation is 1. The van der Waals surface area contributed by atoms with Gasteiger partial charge >= 0.3 is 0 Å². The number of piperidine rings is 1. The van der Waals surface area contributed by atoms with Crippen LogP contribution in [0.3, 0.4) is 0 Å². The second-order valence-electron chi connectivity index (χ2n) is 9.06. The summed E-state index contributed by atoms with van der Waals surface area (Å²) in [5, 5.41) is 7.14. The number of hydrogen-bond donors (Lipinski definition) is 2. The van der Waals surface area contributed by atoms with Crippen molar-refractivity contribution in [1.82, 2.24) is 4.98 Å². The van der Waals surface area contributed by atoms with Crippen molar-refractivity contribution in [3.63, 3.8) is 0 Å². The third kappa shape index (κ3) is 4.98. The summed E-state index contributed by atoms with van der Waals surface area (Å²) in [7, 11) is 1.72. The first-order chi connectivity index (χ1) is 15.5. The van der Waals surface area contributed by atoms with E-state index in [1.807, 2.05) is 12.3 Å². The lowest BCUT2D eigenvalue weighted by molar-refractivity contribution is 0.416. The number of methoxy groups -OCH3 is 1. The van der Waals surface area contributed by atoms with Crippen LogP contribution in [0.25, 0.3) is 0 Å². The molecule has 0 amide bonds. The van der Waals surface area contributed by atoms with Crippen LogP contribution in [0.5, 0.6) is 5.75 Å². The molecule has 0 radical (unpaired) electrons. The minimum atomic E-state index is -0.210. The van der Waals surface area contributed by atoms with E-state index in [1.165, 1.54) is 30.5 Å². The van der Waals surface area contributed by atoms with Gasteiger partial charge < -0.3 is 20.3 Å². The van der Waals surface area contributed by atoms with Crippen LogP contribution in [-0.4, -0.2) is 25.2 Å². The van der Waals surface area contributed by atoms with Gasteiger partial charge in [-0.1, -0.05) is 30.3 Å². The largest absolute Gasteiger partial charge is 0.494 e. The summed E-state index contributed by atoms with van der Waals surface area (Å²) in [6.45, 7) is 8.69. The Bertz CT molecular complexity index is 1040. The maximum Gasteiger partial charge on any atom is 0.144 e. The number of pyridine rings is 1. The van der Waals surface area contributed by atoms with Gasteiger partial charge in [-0.15, -0.1) is 0 Å². The summed E-state index contributed by atoms with van der Waals surface area (Å²) < 4.78 is 5.71. The van der Waals surface area contributed by atoms with E-state index in [2.05, 4.69) is 89.8 Å². The van der Waals surface area contributed by atoms with Crippen molar-refractivity contribution in [2.45, 2.75) is 45.6 Å². The van der Waals surface area contributed by atoms with E-state index in [0.29, 0.717) is 0 Å². The smallest absolute Gasteiger partial charge is 0.144 e. The molecule has 5 heteroatoms. The van der Waals surface area contributed by atoms with Crippen LogP contribution in [0.2, 0.25) is 0 Å². The van der Waals surface area contributed by atoms with E-state index in [4.69, 9.17) is 4.74 Å². The van der Waals surface area contributed by atoms with Gasteiger partial charge in [-0.05, 0) is 63.3 Å². The Kier molecular flexibility index (Phi) is 6.54. The number of nitrogens with one attached hydrogen (secondary N) is 2. The molecule has 1 aliphatic rings. The molecule has 0 bridgehead atoms. The third-order valence-corrected chi connectivity index (χ3v) is 6.21. The molecule has 0 aliphatic carbocycles. The van der Waals surface area contributed by atoms with Crippen LogP contribution in [0, 0.1) is 6.92 Å². The van der Waals surface area contributed by atoms with Gasteiger partial charge in [-0.25, -0.2) is 4.98 Å². The van der Waals surface area contributed by atoms with E-state index >= 15 is 0 Å². The number of nitrogens with zero attached hydrogens (tertiary/aromatic N) is 2. The van der Waals surface area contributed by atoms with E-state index in [0.717, 1.165) is 41.6 Å². The highest BCUT2D eigenvalue weighted by molar-refractivity contribution is 5.71. The van der Waals surface area contributed by atoms with E-state index in [9.17, 15) is 0 Å². The number of hydrogen-bond acceptors (Lipinski definition) is 5. The number of anilines is 4. The first kappa shape index (κ1) is 22.0. The van der Waals surface area contributed by atoms with Crippen LogP contribution in [-0.2, 0) is 5.54 Å². The van der Waals surface area contributed by atoms with Gasteiger partial charge in [0.25, 0.3) is 0 Å². The molecule has 168 valence electrons. The zero-order valence-electron chi connectivity index (χ0n) is 19.6. The summed E-state index contributed by atoms with van der Waals surface area (Å²) in [6.07, 6.45) is 5.74. The second kappa shape index (κ2) is 9.51. The standard InChI is InChI=1S/C27H34N4O/c1-20-19-28-26(18-24(20)30-27(2,3)21-11-7-5-8-12-21)29-23-14-13-22(17-25(23)32-4)31-15-9-6-10-16-31/h5,7-8,11-14,17-19H,6,9-10,15-16H2,1-4H3,(H2,28,29,30). The lowest BCUT2D eigenvalue weighted by Gasteiger charge is -2.30. The summed E-state index contributed by atoms with van der Waals surface area (Å²) in [4.78, 5) is 7.05. The average molecular weight is 431 g/mol. The fourth-order valence-electron chi connectivity index (χ4n) is 4.26. The zero-order valence-corrected chi connectivity index (χ0v) is 19.6. The predicted molar refractivity (Wildman–Crippen MR) is 134 cm³/mol. The fourth-order valence-corrected chi connectivity index (χ4v) is 4.26. The van der Waals surface area contributed by atoms with Crippen LogP contribution >= 0.6 is 0 Å². The minimum Gasteiger partial charge on any atom is -0.494 e. The predicted octanol–water partition coefficient (Wildman–Crippen LogP) is 6.48. The zero-order chi connectivity index (χ0) is 22.6. The Hall–Kier alpha value is -3.21. The molecule has 1 aliphatic heterocycles. The quantitative estimate of drug-likeness (QED) is 0.449. The average Bonchev–Trinajstić information content (AvgIpc) is 2.82. The Morgan fingerprint density at radius 1 is 0.938 bits per heavy atom. The first-order valence-electron chi connectivity index (χ1n) is 11.5. The van der Waals surface area contributed by atoms with Gasteiger partial charge in [0, 0.05) is 42.8 Å². The number of benzene rings is 2. The Morgan fingerprint density at radius 3 is 2.41 bits per heavy atom. The Labute approximate surface area is 191 Å². The van der Waals surface area contributed by atoms with Crippen molar-refractivity contribution in [2.24, 2.45) is 0 Å². The summed E-state index contributed by atoms with van der Waals surface area (Å²) in [6, 6.07) is 18.9. The molecule has 4 rings (SSSR count). The normalized spacial score (nSPS) is 14.2. The molecular formula is C27H34N4O. The SMILES string of the molecule is COc1cc(N2CCCCC2)ccc1Nc1cc(NC(C)(C)c2ccccc2)c(C)cn1. The highest BCUT2D eigenvalue weighted by Crippen LogP contribution is 2.34. The molecule has 0 unspecified atom stereocenters. The molecule has 2 N–H and O–H groups in total. The highest BCUT2D eigenvalue weighted by atomic mass is 16.5. The molecule has 5 nitrogen and oxygen atoms in total. The fraction of sp³-hybridized carbons (Fsp3) is 0.370. The van der Waals surface area contributed by atoms with E-state index < -0.39 is 0 Å². The second-order valence-corrected chi connectivity index (χ2v) is 9.06. The van der Waals surface area contributed by atoms with Crippen LogP contribution < -0.4 is 20.3 Å². The summed E-state index contributed by atoms with van der Waals surface area (Å²) in [5.41, 5.74) is 5.32. The van der Waals surface area contributed by atoms with Crippen LogP contribution in [0.1, 0.15) is 44.2 Å². The van der Waals surface area contributed by atoms with Gasteiger partial charge in [0.2, 0.25) is 0 Å². The van der Waals surface area contributed by atoms with Gasteiger partial charge in [0.15, 0.2) is 0 Å². The Balaban J connectivity index is 1.55.